The van der Waals surface area contributed by atoms with Gasteiger partial charge in [0.2, 0.25) is 16.6 Å². The second kappa shape index (κ2) is 19.2. The van der Waals surface area contributed by atoms with Crippen LogP contribution in [0.1, 0.15) is 20.3 Å². The van der Waals surface area contributed by atoms with Crippen molar-refractivity contribution in [2.24, 2.45) is 0 Å². The summed E-state index contributed by atoms with van der Waals surface area (Å²) in [6, 6.07) is 0. The van der Waals surface area contributed by atoms with Gasteiger partial charge in [0.1, 0.15) is 6.79 Å². The number of hydrogen-bond donors (Lipinski definition) is 2. The maximum Gasteiger partial charge on any atom is 0.272 e. The molecule has 12 heteroatoms. The molecule has 2 N–H and O–H groups in total. The average molecular weight is 639 g/mol. The highest BCUT2D eigenvalue weighted by atomic mass is 28.4. The minimum absolute atomic E-state index is 0.316. The highest BCUT2D eigenvalue weighted by Crippen LogP contribution is 2.38. The first-order chi connectivity index (χ1) is 18.0. The van der Waals surface area contributed by atoms with Crippen LogP contribution < -0.4 is 0 Å². The lowest BCUT2D eigenvalue weighted by Gasteiger charge is -2.38. The van der Waals surface area contributed by atoms with E-state index in [2.05, 4.69) is 78.6 Å². The Kier molecular flexibility index (Phi) is 19.7. The molecule has 8 nitrogen and oxygen atoms in total. The third-order valence-electron chi connectivity index (χ3n) is 5.11. The summed E-state index contributed by atoms with van der Waals surface area (Å²) < 4.78 is 31.6. The summed E-state index contributed by atoms with van der Waals surface area (Å²) in [4.78, 5) is 0. The Labute approximate surface area is 250 Å². The Morgan fingerprint density at radius 2 is 1.40 bits per heavy atom. The van der Waals surface area contributed by atoms with E-state index < -0.39 is 38.7 Å². The van der Waals surface area contributed by atoms with Gasteiger partial charge in [0.25, 0.3) is 11.9 Å². The fourth-order valence-electron chi connectivity index (χ4n) is 4.30. The zero-order valence-corrected chi connectivity index (χ0v) is 32.3. The summed E-state index contributed by atoms with van der Waals surface area (Å²) >= 11 is 0. The fourth-order valence-corrected chi connectivity index (χ4v) is 18.8. The first kappa shape index (κ1) is 41.1. The molecular weight excluding hydrogens is 577 g/mol. The number of allylic oxidation sites excluding steroid dienone is 1. The lowest BCUT2D eigenvalue weighted by Crippen LogP contribution is -2.44. The molecule has 1 rings (SSSR count). The molecule has 0 atom stereocenters. The van der Waals surface area contributed by atoms with Crippen molar-refractivity contribution in [2.45, 2.75) is 104 Å². The third-order valence-corrected chi connectivity index (χ3v) is 16.3. The van der Waals surface area contributed by atoms with Gasteiger partial charge in [-0.3, -0.25) is 0 Å². The summed E-state index contributed by atoms with van der Waals surface area (Å²) in [6.45, 7) is 33.3. The van der Waals surface area contributed by atoms with E-state index >= 15 is 0 Å². The molecule has 40 heavy (non-hydrogen) atoms. The first-order valence-corrected chi connectivity index (χ1v) is 28.1. The second-order valence-corrected chi connectivity index (χ2v) is 34.2. The van der Waals surface area contributed by atoms with Crippen LogP contribution in [0.15, 0.2) is 35.4 Å². The molecule has 1 aliphatic rings. The number of hydrogen-bond acceptors (Lipinski definition) is 8. The average Bonchev–Trinajstić information content (AvgIpc) is 3.24. The molecule has 0 spiro atoms. The quantitative estimate of drug-likeness (QED) is 0.0848. The summed E-state index contributed by atoms with van der Waals surface area (Å²) in [7, 11) is -4.00. The smallest absolute Gasteiger partial charge is 0.272 e. The lowest BCUT2D eigenvalue weighted by molar-refractivity contribution is -0.0489. The second-order valence-electron chi connectivity index (χ2n) is 14.1. The molecule has 0 bridgehead atoms. The van der Waals surface area contributed by atoms with Crippen molar-refractivity contribution in [3.8, 4) is 0 Å². The van der Waals surface area contributed by atoms with Crippen molar-refractivity contribution >= 4 is 32.8 Å². The molecule has 238 valence electrons. The Bertz CT molecular complexity index is 768. The van der Waals surface area contributed by atoms with Gasteiger partial charge in [-0.25, -0.2) is 0 Å². The van der Waals surface area contributed by atoms with Crippen LogP contribution in [0.4, 0.5) is 0 Å². The maximum absolute atomic E-state index is 9.20. The first-order valence-electron chi connectivity index (χ1n) is 14.1. The molecule has 0 saturated heterocycles. The Hall–Kier alpha value is -1.03. The van der Waals surface area contributed by atoms with E-state index in [-0.39, 0.29) is 0 Å². The lowest BCUT2D eigenvalue weighted by atomic mass is 10.4. The number of rotatable bonds is 14. The number of aliphatic hydroxyl groups is 2. The summed E-state index contributed by atoms with van der Waals surface area (Å²) in [6.07, 6.45) is 4.82. The highest BCUT2D eigenvalue weighted by Gasteiger charge is 2.39. The summed E-state index contributed by atoms with van der Waals surface area (Å²) in [5, 5.41) is 18.8. The molecule has 0 aromatic heterocycles. The van der Waals surface area contributed by atoms with Crippen molar-refractivity contribution in [2.75, 3.05) is 40.3 Å². The predicted molar refractivity (Wildman–Crippen MR) is 178 cm³/mol. The van der Waals surface area contributed by atoms with Crippen LogP contribution in [0.2, 0.25) is 83.7 Å². The van der Waals surface area contributed by atoms with Gasteiger partial charge >= 0.3 is 0 Å². The predicted octanol–water partition coefficient (Wildman–Crippen LogP) is 8.40. The molecule has 0 radical (unpaired) electrons. The van der Waals surface area contributed by atoms with Gasteiger partial charge in [-0.2, -0.15) is 0 Å². The van der Waals surface area contributed by atoms with Crippen LogP contribution in [0.5, 0.6) is 0 Å². The van der Waals surface area contributed by atoms with Crippen LogP contribution in [-0.2, 0) is 27.8 Å². The highest BCUT2D eigenvalue weighted by molar-refractivity contribution is 6.97. The molecule has 0 fully saturated rings. The number of methoxy groups -OCH3 is 1. The van der Waals surface area contributed by atoms with Gasteiger partial charge in [-0.05, 0) is 69.9 Å². The number of ether oxygens (including phenoxy) is 4. The van der Waals surface area contributed by atoms with Gasteiger partial charge in [0, 0.05) is 35.3 Å². The van der Waals surface area contributed by atoms with E-state index in [9.17, 15) is 10.2 Å². The molecule has 0 aliphatic carbocycles. The molecule has 0 aromatic carbocycles. The SMILES string of the molecule is CC(=C(O)O)C([Si](C)(C)C)[Si](C)(C)C.COCOCCOCC(C)=CO[Si](C)(C)C.C[Si](C)(C)OC1=CCCO1. The largest absolute Gasteiger partial charge is 0.550 e. The van der Waals surface area contributed by atoms with Gasteiger partial charge in [-0.15, -0.1) is 0 Å². The third kappa shape index (κ3) is 23.7. The van der Waals surface area contributed by atoms with Crippen LogP contribution in [0.25, 0.3) is 0 Å². The van der Waals surface area contributed by atoms with E-state index in [4.69, 9.17) is 27.8 Å². The Balaban J connectivity index is 0. The summed E-state index contributed by atoms with van der Waals surface area (Å²) in [5.74, 6) is 0.291. The van der Waals surface area contributed by atoms with Gasteiger partial charge < -0.3 is 38.0 Å². The molecule has 1 heterocycles. The van der Waals surface area contributed by atoms with E-state index in [1.165, 1.54) is 0 Å². The van der Waals surface area contributed by atoms with E-state index in [1.54, 1.807) is 7.11 Å². The van der Waals surface area contributed by atoms with Crippen molar-refractivity contribution in [3.63, 3.8) is 0 Å². The fraction of sp³-hybridized carbons (Fsp3) is 0.786. The van der Waals surface area contributed by atoms with Crippen molar-refractivity contribution < 1.29 is 38.0 Å². The molecule has 0 amide bonds. The van der Waals surface area contributed by atoms with E-state index in [1.807, 2.05) is 26.2 Å². The van der Waals surface area contributed by atoms with Crippen LogP contribution >= 0.6 is 0 Å². The minimum Gasteiger partial charge on any atom is -0.550 e. The zero-order chi connectivity index (χ0) is 31.8. The zero-order valence-electron chi connectivity index (χ0n) is 28.3. The maximum atomic E-state index is 9.20. The molecule has 0 unspecified atom stereocenters. The Morgan fingerprint density at radius 1 is 0.875 bits per heavy atom. The standard InChI is InChI=1S/C11H24O4Si.C10H24O2Si2.C7H14O2Si/c1-11(9-15-16(3,4)5)8-13-6-7-14-10-12-2;1-8(9(11)12)10(13(2,3)4)14(5,6)7;1-10(2,3)9-7-5-4-6-8-7/h9H,6-8,10H2,1-5H3;10-12H,1-7H3;5H,4,6H2,1-3H3. The molecule has 0 saturated carbocycles. The normalized spacial score (nSPS) is 14.3. The monoisotopic (exact) mass is 638 g/mol. The van der Waals surface area contributed by atoms with Crippen LogP contribution in [0, 0.1) is 0 Å². The van der Waals surface area contributed by atoms with Crippen LogP contribution in [0.3, 0.4) is 0 Å². The van der Waals surface area contributed by atoms with E-state index in [0.29, 0.717) is 31.8 Å². The van der Waals surface area contributed by atoms with Gasteiger partial charge in [-0.1, -0.05) is 39.3 Å². The van der Waals surface area contributed by atoms with Gasteiger partial charge in [0.05, 0.1) is 32.7 Å². The minimum atomic E-state index is -1.46. The molecular formula is C28H62O8Si4. The van der Waals surface area contributed by atoms with Gasteiger partial charge in [0.15, 0.2) is 0 Å². The van der Waals surface area contributed by atoms with Crippen molar-refractivity contribution in [1.29, 1.82) is 0 Å². The van der Waals surface area contributed by atoms with Crippen molar-refractivity contribution in [3.05, 3.63) is 35.4 Å². The summed E-state index contributed by atoms with van der Waals surface area (Å²) in [5.41, 5.74) is 1.89. The Morgan fingerprint density at radius 3 is 1.75 bits per heavy atom. The van der Waals surface area contributed by atoms with Crippen molar-refractivity contribution in [1.82, 2.24) is 0 Å². The molecule has 0 aromatic rings. The topological polar surface area (TPSA) is 95.8 Å². The van der Waals surface area contributed by atoms with E-state index in [0.717, 1.165) is 30.1 Å². The molecule has 1 aliphatic heterocycles. The number of aliphatic hydroxyl groups excluding tert-OH is 1. The van der Waals surface area contributed by atoms with Crippen LogP contribution in [-0.4, -0.2) is 83.3 Å².